The van der Waals surface area contributed by atoms with Gasteiger partial charge in [0.1, 0.15) is 27.5 Å². The first-order valence-electron chi connectivity index (χ1n) is 8.53. The molecule has 4 aromatic rings. The molecule has 0 saturated carbocycles. The summed E-state index contributed by atoms with van der Waals surface area (Å²) >= 11 is 0. The Morgan fingerprint density at radius 1 is 0.750 bits per heavy atom. The Balaban J connectivity index is 2.53. The number of benzene rings is 2. The smallest absolute Gasteiger partial charge is 0.303 e. The number of halogens is 4. The first-order chi connectivity index (χ1) is 15.2. The van der Waals surface area contributed by atoms with E-state index in [4.69, 9.17) is 18.4 Å². The molecule has 0 unspecified atom stereocenters. The van der Waals surface area contributed by atoms with Crippen LogP contribution in [0.25, 0.3) is 53.9 Å². The lowest BCUT2D eigenvalue weighted by Crippen LogP contribution is -2.17. The van der Waals surface area contributed by atoms with Crippen molar-refractivity contribution in [1.82, 2.24) is 19.1 Å². The van der Waals surface area contributed by atoms with Crippen molar-refractivity contribution in [3.63, 3.8) is 0 Å². The van der Waals surface area contributed by atoms with Crippen molar-refractivity contribution in [2.45, 2.75) is 0 Å². The molecule has 154 valence electrons. The fourth-order valence-corrected chi connectivity index (χ4v) is 3.63. The van der Waals surface area contributed by atoms with Gasteiger partial charge in [0.2, 0.25) is 0 Å². The van der Waals surface area contributed by atoms with Crippen LogP contribution in [0, 0.1) is 59.1 Å². The Morgan fingerprint density at radius 2 is 1.22 bits per heavy atom. The third-order valence-electron chi connectivity index (χ3n) is 5.01. The zero-order chi connectivity index (χ0) is 23.5. The molecule has 2 aromatic carbocycles. The monoisotopic (exact) mass is 434 g/mol. The molecule has 2 heterocycles. The van der Waals surface area contributed by atoms with Gasteiger partial charge in [-0.25, -0.2) is 47.7 Å². The van der Waals surface area contributed by atoms with Crippen molar-refractivity contribution in [3.05, 3.63) is 57.1 Å². The average Bonchev–Trinajstić information content (AvgIpc) is 3.29. The molecule has 0 radical (unpaired) electrons. The highest BCUT2D eigenvalue weighted by atomic mass is 19.2. The zero-order valence-electron chi connectivity index (χ0n) is 16.1. The normalized spacial score (nSPS) is 12.9. The quantitative estimate of drug-likeness (QED) is 0.314. The highest BCUT2D eigenvalue weighted by Crippen LogP contribution is 2.37. The number of imidazole rings is 2. The van der Waals surface area contributed by atoms with Crippen LogP contribution in [0.5, 0.6) is 0 Å². The molecule has 0 saturated heterocycles. The third-order valence-corrected chi connectivity index (χ3v) is 5.01. The van der Waals surface area contributed by atoms with Gasteiger partial charge in [0.15, 0.2) is 23.3 Å². The molecule has 32 heavy (non-hydrogen) atoms. The first-order valence-corrected chi connectivity index (χ1v) is 8.53. The van der Waals surface area contributed by atoms with Crippen molar-refractivity contribution >= 4 is 44.2 Å². The van der Waals surface area contributed by atoms with Crippen LogP contribution >= 0.6 is 0 Å². The Morgan fingerprint density at radius 3 is 1.72 bits per heavy atom. The van der Waals surface area contributed by atoms with Crippen molar-refractivity contribution in [3.8, 4) is 12.1 Å². The molecule has 0 spiro atoms. The van der Waals surface area contributed by atoms with E-state index in [-0.39, 0.29) is 27.4 Å². The molecule has 8 nitrogen and oxygen atoms in total. The van der Waals surface area contributed by atoms with E-state index in [1.54, 1.807) is 12.1 Å². The fraction of sp³-hybridized carbons (Fsp3) is 0.100. The summed E-state index contributed by atoms with van der Waals surface area (Å²) in [5.41, 5.74) is -3.42. The largest absolute Gasteiger partial charge is 0.335 e. The number of nitrogens with zero attached hydrogens (tertiary/aromatic N) is 8. The number of hydrogen-bond acceptors (Lipinski definition) is 4. The van der Waals surface area contributed by atoms with Gasteiger partial charge in [-0.2, -0.15) is 0 Å². The van der Waals surface area contributed by atoms with Gasteiger partial charge in [0.05, 0.1) is 36.2 Å². The molecule has 0 atom stereocenters. The summed E-state index contributed by atoms with van der Waals surface area (Å²) in [6, 6.07) is 3.18. The van der Waals surface area contributed by atoms with E-state index >= 15 is 0 Å². The minimum atomic E-state index is -1.74. The lowest BCUT2D eigenvalue weighted by molar-refractivity contribution is 0.499. The Hall–Kier alpha value is -4.94. The molecule has 4 rings (SSSR count). The van der Waals surface area contributed by atoms with Crippen LogP contribution in [0.3, 0.4) is 0 Å². The van der Waals surface area contributed by atoms with Gasteiger partial charge >= 0.3 is 11.4 Å². The predicted molar refractivity (Wildman–Crippen MR) is 103 cm³/mol. The second-order valence-corrected chi connectivity index (χ2v) is 6.53. The molecule has 0 fully saturated rings. The standard InChI is InChI=1S/C20H6F4N8/c1-27-7(5-25)19-29-15-10-9(12(22)14(24)18(15)32(19)4)11(21)13(23)16-17(10)31(3)20(30-16)8(6-26)28-2/h3-4H3/b19-7+,20-8+. The number of fused-ring (bicyclic) bond motifs is 5. The van der Waals surface area contributed by atoms with Gasteiger partial charge in [0.25, 0.3) is 0 Å². The molecule has 0 aliphatic heterocycles. The van der Waals surface area contributed by atoms with Gasteiger partial charge in [0, 0.05) is 19.5 Å². The first kappa shape index (κ1) is 20.3. The lowest BCUT2D eigenvalue weighted by atomic mass is 10.0. The maximum atomic E-state index is 15.0. The maximum Gasteiger partial charge on any atom is 0.303 e. The third kappa shape index (κ3) is 2.32. The van der Waals surface area contributed by atoms with E-state index < -0.39 is 51.1 Å². The number of nitriles is 2. The van der Waals surface area contributed by atoms with Gasteiger partial charge in [-0.1, -0.05) is 0 Å². The van der Waals surface area contributed by atoms with Crippen LogP contribution in [0.2, 0.25) is 0 Å². The van der Waals surface area contributed by atoms with Gasteiger partial charge < -0.3 is 9.13 Å². The van der Waals surface area contributed by atoms with E-state index in [1.165, 1.54) is 14.1 Å². The second-order valence-electron chi connectivity index (χ2n) is 6.53. The van der Waals surface area contributed by atoms with Crippen LogP contribution in [0.1, 0.15) is 0 Å². The second kappa shape index (κ2) is 6.80. The van der Waals surface area contributed by atoms with Crippen LogP contribution in [0.15, 0.2) is 0 Å². The van der Waals surface area contributed by atoms with Crippen LogP contribution < -0.4 is 11.0 Å². The molecule has 12 heteroatoms. The van der Waals surface area contributed by atoms with E-state index in [9.17, 15) is 22.8 Å². The number of aromatic nitrogens is 4. The highest BCUT2D eigenvalue weighted by molar-refractivity contribution is 6.17. The van der Waals surface area contributed by atoms with Crippen molar-refractivity contribution in [1.29, 1.82) is 10.5 Å². The van der Waals surface area contributed by atoms with Crippen LogP contribution in [-0.4, -0.2) is 19.1 Å². The molecule has 0 aliphatic rings. The Labute approximate surface area is 175 Å². The minimum absolute atomic E-state index is 0.250. The molecule has 0 amide bonds. The van der Waals surface area contributed by atoms with Crippen LogP contribution in [-0.2, 0) is 14.1 Å². The predicted octanol–water partition coefficient (Wildman–Crippen LogP) is 2.27. The summed E-state index contributed by atoms with van der Waals surface area (Å²) in [6.07, 6.45) is 0. The fourth-order valence-electron chi connectivity index (χ4n) is 3.63. The van der Waals surface area contributed by atoms with E-state index in [2.05, 4.69) is 19.7 Å². The summed E-state index contributed by atoms with van der Waals surface area (Å²) in [5.74, 6) is -6.60. The lowest BCUT2D eigenvalue weighted by Gasteiger charge is -2.09. The summed E-state index contributed by atoms with van der Waals surface area (Å²) in [5, 5.41) is 16.9. The number of aryl methyl sites for hydroxylation is 2. The van der Waals surface area contributed by atoms with E-state index in [0.29, 0.717) is 0 Å². The van der Waals surface area contributed by atoms with Gasteiger partial charge in [-0.3, -0.25) is 0 Å². The Bertz CT molecular complexity index is 1800. The van der Waals surface area contributed by atoms with E-state index in [1.807, 2.05) is 0 Å². The number of rotatable bonds is 0. The van der Waals surface area contributed by atoms with Gasteiger partial charge in [-0.15, -0.1) is 0 Å². The van der Waals surface area contributed by atoms with Gasteiger partial charge in [-0.05, 0) is 0 Å². The average molecular weight is 434 g/mol. The molecule has 2 aromatic heterocycles. The maximum absolute atomic E-state index is 15.0. The summed E-state index contributed by atoms with van der Waals surface area (Å²) in [7, 11) is 2.51. The summed E-state index contributed by atoms with van der Waals surface area (Å²) in [4.78, 5) is 13.9. The Kier molecular flexibility index (Phi) is 4.32. The van der Waals surface area contributed by atoms with E-state index in [0.717, 1.165) is 9.13 Å². The number of hydrogen-bond donors (Lipinski definition) is 0. The highest BCUT2D eigenvalue weighted by Gasteiger charge is 2.29. The molecular weight excluding hydrogens is 428 g/mol. The minimum Gasteiger partial charge on any atom is -0.335 e. The topological polar surface area (TPSA) is 91.9 Å². The SMILES string of the molecule is [C-]#[N+]/C(C#N)=c1\nc2c3c(c(F)c(F)c4n/c(=C(/C#N)[N+]#[C-])n(C)c43)c(F)c(F)c2n1C. The summed E-state index contributed by atoms with van der Waals surface area (Å²) in [6.45, 7) is 14.2. The van der Waals surface area contributed by atoms with Crippen molar-refractivity contribution < 1.29 is 17.6 Å². The summed E-state index contributed by atoms with van der Waals surface area (Å²) < 4.78 is 61.6. The van der Waals surface area contributed by atoms with Crippen molar-refractivity contribution in [2.24, 2.45) is 14.1 Å². The molecular formula is C20H6F4N8. The van der Waals surface area contributed by atoms with Crippen molar-refractivity contribution in [2.75, 3.05) is 0 Å². The van der Waals surface area contributed by atoms with Crippen LogP contribution in [0.4, 0.5) is 17.6 Å². The molecule has 0 N–H and O–H groups in total. The molecule has 0 aliphatic carbocycles. The zero-order valence-corrected chi connectivity index (χ0v) is 16.1. The molecule has 0 bridgehead atoms.